The van der Waals surface area contributed by atoms with E-state index < -0.39 is 5.60 Å². The Kier molecular flexibility index (Phi) is 6.91. The summed E-state index contributed by atoms with van der Waals surface area (Å²) in [6.45, 7) is 4.95. The maximum atomic E-state index is 12.7. The van der Waals surface area contributed by atoms with Crippen molar-refractivity contribution in [2.45, 2.75) is 69.2 Å². The molecule has 2 fully saturated rings. The molecule has 0 saturated carbocycles. The Morgan fingerprint density at radius 2 is 1.93 bits per heavy atom. The maximum absolute atomic E-state index is 12.7. The predicted octanol–water partition coefficient (Wildman–Crippen LogP) is 4.05. The molecular weight excluding hydrogens is 342 g/mol. The van der Waals surface area contributed by atoms with Gasteiger partial charge < -0.3 is 14.6 Å². The first kappa shape index (κ1) is 19.9. The quantitative estimate of drug-likeness (QED) is 0.552. The molecular formula is C22H31NO4. The normalized spacial score (nSPS) is 27.2. The lowest BCUT2D eigenvalue weighted by molar-refractivity contribution is -0.136. The molecule has 1 aromatic carbocycles. The lowest BCUT2D eigenvalue weighted by Gasteiger charge is -2.51. The van der Waals surface area contributed by atoms with Crippen molar-refractivity contribution in [2.75, 3.05) is 13.2 Å². The first-order valence-corrected chi connectivity index (χ1v) is 10.0. The van der Waals surface area contributed by atoms with Crippen LogP contribution in [0.15, 0.2) is 43.0 Å². The summed E-state index contributed by atoms with van der Waals surface area (Å²) in [6.07, 6.45) is 7.79. The molecule has 2 aliphatic heterocycles. The number of aliphatic hydroxyl groups is 1. The van der Waals surface area contributed by atoms with Crippen molar-refractivity contribution < 1.29 is 19.4 Å². The average molecular weight is 373 g/mol. The van der Waals surface area contributed by atoms with Crippen molar-refractivity contribution in [2.24, 2.45) is 0 Å². The molecule has 1 N–H and O–H groups in total. The van der Waals surface area contributed by atoms with E-state index in [2.05, 4.69) is 6.58 Å². The van der Waals surface area contributed by atoms with Crippen LogP contribution in [0.4, 0.5) is 4.79 Å². The first-order valence-electron chi connectivity index (χ1n) is 10.0. The van der Waals surface area contributed by atoms with Crippen molar-refractivity contribution in [1.29, 1.82) is 0 Å². The fourth-order valence-corrected chi connectivity index (χ4v) is 4.29. The van der Waals surface area contributed by atoms with E-state index >= 15 is 0 Å². The lowest BCUT2D eigenvalue weighted by Crippen LogP contribution is -2.63. The number of piperidine rings is 1. The Morgan fingerprint density at radius 3 is 2.59 bits per heavy atom. The van der Waals surface area contributed by atoms with Gasteiger partial charge in [0.1, 0.15) is 6.61 Å². The molecule has 2 atom stereocenters. The Morgan fingerprint density at radius 1 is 1.22 bits per heavy atom. The minimum Gasteiger partial charge on any atom is -0.445 e. The van der Waals surface area contributed by atoms with E-state index in [1.54, 1.807) is 4.90 Å². The molecule has 148 valence electrons. The lowest BCUT2D eigenvalue weighted by atomic mass is 9.78. The minimum atomic E-state index is -0.705. The van der Waals surface area contributed by atoms with Crippen molar-refractivity contribution in [3.05, 3.63) is 48.6 Å². The second-order valence-electron chi connectivity index (χ2n) is 7.81. The van der Waals surface area contributed by atoms with E-state index in [1.165, 1.54) is 0 Å². The summed E-state index contributed by atoms with van der Waals surface area (Å²) >= 11 is 0. The van der Waals surface area contributed by atoms with E-state index in [0.717, 1.165) is 37.7 Å². The van der Waals surface area contributed by atoms with Crippen molar-refractivity contribution in [1.82, 2.24) is 4.90 Å². The third-order valence-electron chi connectivity index (χ3n) is 5.60. The third-order valence-corrected chi connectivity index (χ3v) is 5.60. The Labute approximate surface area is 162 Å². The first-order chi connectivity index (χ1) is 13.1. The van der Waals surface area contributed by atoms with E-state index in [9.17, 15) is 9.90 Å². The van der Waals surface area contributed by atoms with Gasteiger partial charge in [-0.1, -0.05) is 49.2 Å². The van der Waals surface area contributed by atoms with Gasteiger partial charge in [0.2, 0.25) is 0 Å². The molecule has 5 nitrogen and oxygen atoms in total. The van der Waals surface area contributed by atoms with Gasteiger partial charge >= 0.3 is 6.09 Å². The van der Waals surface area contributed by atoms with Crippen LogP contribution < -0.4 is 0 Å². The summed E-state index contributed by atoms with van der Waals surface area (Å²) in [5, 5.41) is 11.1. The van der Waals surface area contributed by atoms with Gasteiger partial charge in [-0.3, -0.25) is 4.90 Å². The summed E-state index contributed by atoms with van der Waals surface area (Å²) < 4.78 is 11.2. The highest BCUT2D eigenvalue weighted by atomic mass is 16.6. The fraction of sp³-hybridized carbons (Fsp3) is 0.591. The van der Waals surface area contributed by atoms with Gasteiger partial charge in [-0.2, -0.15) is 0 Å². The largest absolute Gasteiger partial charge is 0.445 e. The molecule has 2 unspecified atom stereocenters. The van der Waals surface area contributed by atoms with Crippen LogP contribution in [0, 0.1) is 0 Å². The zero-order chi connectivity index (χ0) is 19.1. The number of rotatable bonds is 8. The zero-order valence-corrected chi connectivity index (χ0v) is 16.0. The molecule has 3 rings (SSSR count). The number of morpholine rings is 1. The predicted molar refractivity (Wildman–Crippen MR) is 104 cm³/mol. The van der Waals surface area contributed by atoms with Gasteiger partial charge in [-0.25, -0.2) is 4.79 Å². The Bertz CT molecular complexity index is 604. The van der Waals surface area contributed by atoms with Gasteiger partial charge in [0.15, 0.2) is 0 Å². The molecule has 0 aromatic heterocycles. The number of fused-ring (bicyclic) bond motifs is 2. The molecule has 2 heterocycles. The third kappa shape index (κ3) is 5.33. The molecule has 0 radical (unpaired) electrons. The summed E-state index contributed by atoms with van der Waals surface area (Å²) in [5.74, 6) is 0. The summed E-state index contributed by atoms with van der Waals surface area (Å²) in [6, 6.07) is 9.47. The minimum absolute atomic E-state index is 0.112. The van der Waals surface area contributed by atoms with Crippen LogP contribution in [-0.4, -0.2) is 47.0 Å². The van der Waals surface area contributed by atoms with Crippen LogP contribution in [0.25, 0.3) is 0 Å². The second kappa shape index (κ2) is 9.38. The number of allylic oxidation sites excluding steroid dienone is 1. The van der Waals surface area contributed by atoms with Gasteiger partial charge in [0, 0.05) is 0 Å². The molecule has 2 aliphatic rings. The van der Waals surface area contributed by atoms with Crippen LogP contribution in [-0.2, 0) is 16.1 Å². The smallest absolute Gasteiger partial charge is 0.410 e. The molecule has 27 heavy (non-hydrogen) atoms. The number of benzene rings is 1. The molecule has 2 bridgehead atoms. The zero-order valence-electron chi connectivity index (χ0n) is 16.0. The molecule has 0 aliphatic carbocycles. The number of hydrogen-bond donors (Lipinski definition) is 1. The second-order valence-corrected chi connectivity index (χ2v) is 7.81. The summed E-state index contributed by atoms with van der Waals surface area (Å²) in [7, 11) is 0. The van der Waals surface area contributed by atoms with Crippen LogP contribution in [0.2, 0.25) is 0 Å². The van der Waals surface area contributed by atoms with E-state index in [1.807, 2.05) is 36.4 Å². The van der Waals surface area contributed by atoms with Crippen molar-refractivity contribution in [3.63, 3.8) is 0 Å². The van der Waals surface area contributed by atoms with Gasteiger partial charge in [-0.15, -0.1) is 6.58 Å². The fourth-order valence-electron chi connectivity index (χ4n) is 4.29. The van der Waals surface area contributed by atoms with Gasteiger partial charge in [0.25, 0.3) is 0 Å². The highest BCUT2D eigenvalue weighted by molar-refractivity contribution is 5.69. The summed E-state index contributed by atoms with van der Waals surface area (Å²) in [5.41, 5.74) is 0.268. The number of carbonyl (C=O) groups excluding carboxylic acids is 1. The molecule has 5 heteroatoms. The van der Waals surface area contributed by atoms with E-state index in [0.29, 0.717) is 26.1 Å². The average Bonchev–Trinajstić information content (AvgIpc) is 2.66. The number of nitrogens with zero attached hydrogens (tertiary/aromatic N) is 1. The highest BCUT2D eigenvalue weighted by Gasteiger charge is 2.48. The number of amides is 1. The summed E-state index contributed by atoms with van der Waals surface area (Å²) in [4.78, 5) is 14.5. The molecule has 1 aromatic rings. The Hall–Kier alpha value is -1.85. The SMILES string of the molecule is C=CCCCCCC1(O)CC2COCC(C1)N2C(=O)OCc1ccccc1. The van der Waals surface area contributed by atoms with E-state index in [-0.39, 0.29) is 24.8 Å². The van der Waals surface area contributed by atoms with E-state index in [4.69, 9.17) is 9.47 Å². The van der Waals surface area contributed by atoms with Gasteiger partial charge in [0.05, 0.1) is 30.9 Å². The van der Waals surface area contributed by atoms with Crippen molar-refractivity contribution >= 4 is 6.09 Å². The molecule has 0 spiro atoms. The van der Waals surface area contributed by atoms with Crippen LogP contribution in [0.3, 0.4) is 0 Å². The monoisotopic (exact) mass is 373 g/mol. The highest BCUT2D eigenvalue weighted by Crippen LogP contribution is 2.38. The number of carbonyl (C=O) groups is 1. The van der Waals surface area contributed by atoms with Crippen molar-refractivity contribution in [3.8, 4) is 0 Å². The van der Waals surface area contributed by atoms with Gasteiger partial charge in [-0.05, 0) is 37.7 Å². The maximum Gasteiger partial charge on any atom is 0.410 e. The van der Waals surface area contributed by atoms with Crippen LogP contribution in [0.1, 0.15) is 50.5 Å². The van der Waals surface area contributed by atoms with Crippen LogP contribution >= 0.6 is 0 Å². The number of hydrogen-bond acceptors (Lipinski definition) is 4. The standard InChI is InChI=1S/C22H31NO4/c1-2-3-4-5-9-12-22(25)13-19-16-26-17-20(14-22)23(19)21(24)27-15-18-10-7-6-8-11-18/h2,6-8,10-11,19-20,25H,1,3-5,9,12-17H2. The molecule has 1 amide bonds. The topological polar surface area (TPSA) is 59.0 Å². The number of ether oxygens (including phenoxy) is 2. The van der Waals surface area contributed by atoms with Crippen LogP contribution in [0.5, 0.6) is 0 Å². The molecule has 2 saturated heterocycles. The number of unbranched alkanes of at least 4 members (excludes halogenated alkanes) is 3. The Balaban J connectivity index is 1.54.